The van der Waals surface area contributed by atoms with Crippen molar-refractivity contribution in [2.75, 3.05) is 0 Å². The molecule has 2 heteroatoms. The van der Waals surface area contributed by atoms with Crippen molar-refractivity contribution in [2.45, 2.75) is 5.41 Å². The molecule has 0 aliphatic heterocycles. The van der Waals surface area contributed by atoms with Crippen LogP contribution < -0.4 is 9.47 Å². The molecule has 0 amide bonds. The molecule has 1 aliphatic rings. The topological polar surface area (TPSA) is 18.5 Å². The average Bonchev–Trinajstić information content (AvgIpc) is 3.22. The third kappa shape index (κ3) is 3.11. The Kier molecular flexibility index (Phi) is 5.00. The monoisotopic (exact) mass is 452 g/mol. The van der Waals surface area contributed by atoms with Crippen molar-refractivity contribution < 1.29 is 9.47 Å². The van der Waals surface area contributed by atoms with Crippen LogP contribution in [0.5, 0.6) is 11.5 Å². The Labute approximate surface area is 205 Å². The van der Waals surface area contributed by atoms with Crippen molar-refractivity contribution in [3.63, 3.8) is 0 Å². The molecular formula is C33H24O2. The summed E-state index contributed by atoms with van der Waals surface area (Å²) >= 11 is 0. The maximum Gasteiger partial charge on any atom is 0.126 e. The highest BCUT2D eigenvalue weighted by atomic mass is 16.5. The molecule has 5 aromatic carbocycles. The van der Waals surface area contributed by atoms with Crippen LogP contribution in [0.2, 0.25) is 0 Å². The second kappa shape index (κ2) is 8.34. The fourth-order valence-electron chi connectivity index (χ4n) is 5.61. The Morgan fingerprint density at radius 1 is 0.543 bits per heavy atom. The molecule has 0 saturated heterocycles. The Morgan fingerprint density at radius 3 is 1.74 bits per heavy atom. The van der Waals surface area contributed by atoms with E-state index in [1.807, 2.05) is 24.3 Å². The van der Waals surface area contributed by atoms with E-state index in [4.69, 9.17) is 9.47 Å². The summed E-state index contributed by atoms with van der Waals surface area (Å²) < 4.78 is 11.1. The highest BCUT2D eigenvalue weighted by Crippen LogP contribution is 2.58. The SMILES string of the molecule is C=COc1ccc(C2(c3ccc(OC=C)cc3)c3ccccc3-c3ccc4ccccc4c32)cc1. The van der Waals surface area contributed by atoms with Gasteiger partial charge in [0.25, 0.3) is 0 Å². The van der Waals surface area contributed by atoms with E-state index in [2.05, 4.69) is 98.1 Å². The second-order valence-corrected chi connectivity index (χ2v) is 8.62. The molecule has 0 fully saturated rings. The van der Waals surface area contributed by atoms with E-state index in [0.717, 1.165) is 11.5 Å². The van der Waals surface area contributed by atoms with E-state index in [1.54, 1.807) is 0 Å². The fraction of sp³-hybridized carbons (Fsp3) is 0.0303. The Balaban J connectivity index is 1.75. The van der Waals surface area contributed by atoms with Gasteiger partial charge in [0.1, 0.15) is 11.5 Å². The molecule has 0 unspecified atom stereocenters. The Bertz CT molecular complexity index is 1510. The normalized spacial score (nSPS) is 13.0. The van der Waals surface area contributed by atoms with Gasteiger partial charge in [-0.15, -0.1) is 0 Å². The van der Waals surface area contributed by atoms with Crippen LogP contribution in [0.3, 0.4) is 0 Å². The van der Waals surface area contributed by atoms with Gasteiger partial charge < -0.3 is 9.47 Å². The van der Waals surface area contributed by atoms with Gasteiger partial charge in [0.05, 0.1) is 17.9 Å². The van der Waals surface area contributed by atoms with Crippen LogP contribution >= 0.6 is 0 Å². The molecular weight excluding hydrogens is 428 g/mol. The minimum atomic E-state index is -0.508. The van der Waals surface area contributed by atoms with E-state index >= 15 is 0 Å². The first-order valence-electron chi connectivity index (χ1n) is 11.7. The summed E-state index contributed by atoms with van der Waals surface area (Å²) in [4.78, 5) is 0. The van der Waals surface area contributed by atoms with Crippen LogP contribution in [0.25, 0.3) is 21.9 Å². The molecule has 168 valence electrons. The van der Waals surface area contributed by atoms with Crippen LogP contribution in [0.4, 0.5) is 0 Å². The Morgan fingerprint density at radius 2 is 1.11 bits per heavy atom. The third-order valence-corrected chi connectivity index (χ3v) is 6.94. The van der Waals surface area contributed by atoms with Crippen molar-refractivity contribution in [1.29, 1.82) is 0 Å². The van der Waals surface area contributed by atoms with E-state index in [0.29, 0.717) is 0 Å². The van der Waals surface area contributed by atoms with Crippen molar-refractivity contribution in [1.82, 2.24) is 0 Å². The molecule has 0 spiro atoms. The number of hydrogen-bond donors (Lipinski definition) is 0. The van der Waals surface area contributed by atoms with Crippen molar-refractivity contribution in [2.24, 2.45) is 0 Å². The summed E-state index contributed by atoms with van der Waals surface area (Å²) in [5.74, 6) is 1.52. The predicted octanol–water partition coefficient (Wildman–Crippen LogP) is 8.25. The minimum Gasteiger partial charge on any atom is -0.466 e. The number of hydrogen-bond acceptors (Lipinski definition) is 2. The van der Waals surface area contributed by atoms with Crippen LogP contribution in [0.1, 0.15) is 22.3 Å². The molecule has 0 radical (unpaired) electrons. The third-order valence-electron chi connectivity index (χ3n) is 6.94. The van der Waals surface area contributed by atoms with E-state index < -0.39 is 5.41 Å². The van der Waals surface area contributed by atoms with Gasteiger partial charge in [-0.25, -0.2) is 0 Å². The van der Waals surface area contributed by atoms with Crippen LogP contribution in [0, 0.1) is 0 Å². The maximum absolute atomic E-state index is 5.55. The lowest BCUT2D eigenvalue weighted by Gasteiger charge is -2.34. The maximum atomic E-state index is 5.55. The van der Waals surface area contributed by atoms with E-state index in [1.165, 1.54) is 56.7 Å². The number of benzene rings is 5. The number of fused-ring (bicyclic) bond motifs is 5. The van der Waals surface area contributed by atoms with Crippen molar-refractivity contribution >= 4 is 10.8 Å². The summed E-state index contributed by atoms with van der Waals surface area (Å²) in [5, 5.41) is 2.47. The van der Waals surface area contributed by atoms with Crippen LogP contribution in [-0.4, -0.2) is 0 Å². The lowest BCUT2D eigenvalue weighted by Crippen LogP contribution is -2.28. The molecule has 6 rings (SSSR count). The molecule has 0 bridgehead atoms. The van der Waals surface area contributed by atoms with Crippen molar-refractivity contribution in [3.8, 4) is 22.6 Å². The zero-order chi connectivity index (χ0) is 23.8. The van der Waals surface area contributed by atoms with Gasteiger partial charge in [-0.2, -0.15) is 0 Å². The first kappa shape index (κ1) is 21.0. The lowest BCUT2D eigenvalue weighted by molar-refractivity contribution is 0.482. The summed E-state index contributed by atoms with van der Waals surface area (Å²) in [6.45, 7) is 7.39. The van der Waals surface area contributed by atoms with Gasteiger partial charge in [-0.1, -0.05) is 98.1 Å². The van der Waals surface area contributed by atoms with E-state index in [9.17, 15) is 0 Å². The first-order chi connectivity index (χ1) is 17.3. The predicted molar refractivity (Wildman–Crippen MR) is 143 cm³/mol. The molecule has 0 N–H and O–H groups in total. The summed E-state index contributed by atoms with van der Waals surface area (Å²) in [6.07, 6.45) is 2.91. The van der Waals surface area contributed by atoms with E-state index in [-0.39, 0.29) is 0 Å². The highest BCUT2D eigenvalue weighted by molar-refractivity contribution is 6.00. The largest absolute Gasteiger partial charge is 0.466 e. The quantitative estimate of drug-likeness (QED) is 0.237. The van der Waals surface area contributed by atoms with Crippen LogP contribution in [-0.2, 0) is 5.41 Å². The van der Waals surface area contributed by atoms with Crippen molar-refractivity contribution in [3.05, 3.63) is 157 Å². The molecule has 2 nitrogen and oxygen atoms in total. The summed E-state index contributed by atoms with van der Waals surface area (Å²) in [7, 11) is 0. The smallest absolute Gasteiger partial charge is 0.126 e. The van der Waals surface area contributed by atoms with Crippen LogP contribution in [0.15, 0.2) is 135 Å². The average molecular weight is 453 g/mol. The van der Waals surface area contributed by atoms with Gasteiger partial charge in [-0.3, -0.25) is 0 Å². The van der Waals surface area contributed by atoms with Gasteiger partial charge in [-0.05, 0) is 68.4 Å². The molecule has 35 heavy (non-hydrogen) atoms. The zero-order valence-electron chi connectivity index (χ0n) is 19.3. The molecule has 0 aromatic heterocycles. The zero-order valence-corrected chi connectivity index (χ0v) is 19.3. The first-order valence-corrected chi connectivity index (χ1v) is 11.7. The summed E-state index contributed by atoms with van der Waals surface area (Å²) in [6, 6.07) is 38.6. The Hall–Kier alpha value is -4.56. The fourth-order valence-corrected chi connectivity index (χ4v) is 5.61. The molecule has 0 atom stereocenters. The standard InChI is InChI=1S/C33H24O2/c1-3-34-26-18-14-24(15-19-26)33(25-16-20-27(21-17-25)35-4-2)31-12-8-7-11-29(31)30-22-13-23-9-5-6-10-28(23)32(30)33/h3-22H,1-2H2. The second-order valence-electron chi connectivity index (χ2n) is 8.62. The molecule has 0 heterocycles. The highest BCUT2D eigenvalue weighted by Gasteiger charge is 2.47. The molecule has 5 aromatic rings. The lowest BCUT2D eigenvalue weighted by atomic mass is 9.66. The number of rotatable bonds is 6. The molecule has 1 aliphatic carbocycles. The minimum absolute atomic E-state index is 0.508. The number of ether oxygens (including phenoxy) is 2. The van der Waals surface area contributed by atoms with Gasteiger partial charge >= 0.3 is 0 Å². The van der Waals surface area contributed by atoms with Gasteiger partial charge in [0, 0.05) is 0 Å². The van der Waals surface area contributed by atoms with Gasteiger partial charge in [0.2, 0.25) is 0 Å². The molecule has 0 saturated carbocycles. The summed E-state index contributed by atoms with van der Waals surface area (Å²) in [5.41, 5.74) is 6.92. The van der Waals surface area contributed by atoms with Gasteiger partial charge in [0.15, 0.2) is 0 Å².